The topological polar surface area (TPSA) is 60.3 Å². The fourth-order valence-electron chi connectivity index (χ4n) is 2.47. The van der Waals surface area contributed by atoms with Gasteiger partial charge in [-0.25, -0.2) is 0 Å². The van der Waals surface area contributed by atoms with Crippen molar-refractivity contribution in [1.82, 2.24) is 0 Å². The summed E-state index contributed by atoms with van der Waals surface area (Å²) in [5, 5.41) is 8.51. The molecular formula is C22H28N2O3. The SMILES string of the molecule is CCCCCCc1ccc(N=Nc2ccc(OCOC(=O)CC)cc2)cc1. The number of azo groups is 1. The van der Waals surface area contributed by atoms with Crippen molar-refractivity contribution in [3.63, 3.8) is 0 Å². The highest BCUT2D eigenvalue weighted by molar-refractivity contribution is 5.68. The molecule has 0 heterocycles. The number of hydrogen-bond donors (Lipinski definition) is 0. The maximum absolute atomic E-state index is 11.0. The van der Waals surface area contributed by atoms with Crippen LogP contribution in [0.5, 0.6) is 5.75 Å². The van der Waals surface area contributed by atoms with Crippen molar-refractivity contribution in [3.05, 3.63) is 54.1 Å². The van der Waals surface area contributed by atoms with Gasteiger partial charge in [-0.1, -0.05) is 45.2 Å². The summed E-state index contributed by atoms with van der Waals surface area (Å²) < 4.78 is 10.2. The fraction of sp³-hybridized carbons (Fsp3) is 0.409. The highest BCUT2D eigenvalue weighted by Crippen LogP contribution is 2.22. The molecule has 0 aliphatic rings. The summed E-state index contributed by atoms with van der Waals surface area (Å²) in [6, 6.07) is 15.4. The predicted molar refractivity (Wildman–Crippen MR) is 107 cm³/mol. The van der Waals surface area contributed by atoms with E-state index in [2.05, 4.69) is 29.3 Å². The zero-order valence-electron chi connectivity index (χ0n) is 16.2. The Morgan fingerprint density at radius 3 is 2.07 bits per heavy atom. The molecule has 0 aliphatic heterocycles. The van der Waals surface area contributed by atoms with Crippen molar-refractivity contribution >= 4 is 17.3 Å². The van der Waals surface area contributed by atoms with Gasteiger partial charge in [-0.2, -0.15) is 10.2 Å². The first-order chi connectivity index (χ1) is 13.2. The predicted octanol–water partition coefficient (Wildman–Crippen LogP) is 6.51. The summed E-state index contributed by atoms with van der Waals surface area (Å²) >= 11 is 0. The summed E-state index contributed by atoms with van der Waals surface area (Å²) in [5.74, 6) is 0.331. The number of benzene rings is 2. The number of esters is 1. The molecular weight excluding hydrogens is 340 g/mol. The molecule has 0 spiro atoms. The molecule has 0 saturated carbocycles. The van der Waals surface area contributed by atoms with Gasteiger partial charge in [-0.3, -0.25) is 4.79 Å². The molecule has 0 amide bonds. The third-order valence-electron chi connectivity index (χ3n) is 4.11. The minimum atomic E-state index is -0.285. The normalized spacial score (nSPS) is 10.9. The Morgan fingerprint density at radius 1 is 0.852 bits per heavy atom. The number of aryl methyl sites for hydroxylation is 1. The van der Waals surface area contributed by atoms with Gasteiger partial charge in [0.05, 0.1) is 11.4 Å². The number of carbonyl (C=O) groups is 1. The lowest BCUT2D eigenvalue weighted by atomic mass is 10.1. The van der Waals surface area contributed by atoms with Crippen molar-refractivity contribution in [2.24, 2.45) is 10.2 Å². The van der Waals surface area contributed by atoms with Crippen LogP contribution >= 0.6 is 0 Å². The first-order valence-electron chi connectivity index (χ1n) is 9.60. The van der Waals surface area contributed by atoms with E-state index in [4.69, 9.17) is 9.47 Å². The van der Waals surface area contributed by atoms with Gasteiger partial charge in [0.15, 0.2) is 0 Å². The van der Waals surface area contributed by atoms with Crippen LogP contribution in [0.25, 0.3) is 0 Å². The van der Waals surface area contributed by atoms with Crippen LogP contribution in [-0.4, -0.2) is 12.8 Å². The van der Waals surface area contributed by atoms with E-state index in [1.54, 1.807) is 19.1 Å². The molecule has 2 rings (SSSR count). The van der Waals surface area contributed by atoms with Crippen LogP contribution in [0.3, 0.4) is 0 Å². The van der Waals surface area contributed by atoms with Crippen LogP contribution in [0.4, 0.5) is 11.4 Å². The molecule has 0 aromatic heterocycles. The van der Waals surface area contributed by atoms with E-state index in [1.165, 1.54) is 31.2 Å². The summed E-state index contributed by atoms with van der Waals surface area (Å²) in [6.07, 6.45) is 6.55. The minimum Gasteiger partial charge on any atom is -0.457 e. The van der Waals surface area contributed by atoms with Crippen LogP contribution in [0.2, 0.25) is 0 Å². The van der Waals surface area contributed by atoms with Crippen molar-refractivity contribution in [1.29, 1.82) is 0 Å². The van der Waals surface area contributed by atoms with E-state index in [-0.39, 0.29) is 12.8 Å². The Morgan fingerprint density at radius 2 is 1.48 bits per heavy atom. The van der Waals surface area contributed by atoms with Gasteiger partial charge in [0.2, 0.25) is 6.79 Å². The molecule has 0 unspecified atom stereocenters. The number of carbonyl (C=O) groups excluding carboxylic acids is 1. The van der Waals surface area contributed by atoms with Gasteiger partial charge in [0.25, 0.3) is 0 Å². The molecule has 0 N–H and O–H groups in total. The van der Waals surface area contributed by atoms with Crippen LogP contribution in [0.15, 0.2) is 58.8 Å². The Hall–Kier alpha value is -2.69. The number of unbranched alkanes of at least 4 members (excludes halogenated alkanes) is 3. The van der Waals surface area contributed by atoms with Crippen LogP contribution < -0.4 is 4.74 Å². The zero-order chi connectivity index (χ0) is 19.3. The standard InChI is InChI=1S/C22H28N2O3/c1-3-5-6-7-8-18-9-11-19(12-10-18)23-24-20-13-15-21(16-14-20)26-17-27-22(25)4-2/h9-16H,3-8,17H2,1-2H3. The molecule has 0 bridgehead atoms. The van der Waals surface area contributed by atoms with Gasteiger partial charge in [0.1, 0.15) is 5.75 Å². The third kappa shape index (κ3) is 8.03. The Kier molecular flexibility index (Phi) is 9.04. The van der Waals surface area contributed by atoms with Crippen molar-refractivity contribution in [2.45, 2.75) is 52.4 Å². The second-order valence-corrected chi connectivity index (χ2v) is 6.30. The van der Waals surface area contributed by atoms with Crippen molar-refractivity contribution < 1.29 is 14.3 Å². The average molecular weight is 368 g/mol. The maximum atomic E-state index is 11.0. The molecule has 0 saturated heterocycles. The first-order valence-corrected chi connectivity index (χ1v) is 9.60. The molecule has 0 aliphatic carbocycles. The zero-order valence-corrected chi connectivity index (χ0v) is 16.2. The second kappa shape index (κ2) is 11.8. The number of nitrogens with zero attached hydrogens (tertiary/aromatic N) is 2. The molecule has 2 aromatic carbocycles. The molecule has 0 radical (unpaired) electrons. The van der Waals surface area contributed by atoms with Crippen molar-refractivity contribution in [2.75, 3.05) is 6.79 Å². The number of rotatable bonds is 11. The van der Waals surface area contributed by atoms with Gasteiger partial charge >= 0.3 is 5.97 Å². The average Bonchev–Trinajstić information content (AvgIpc) is 2.71. The minimum absolute atomic E-state index is 0.0850. The fourth-order valence-corrected chi connectivity index (χ4v) is 2.47. The highest BCUT2D eigenvalue weighted by Gasteiger charge is 1.99. The summed E-state index contributed by atoms with van der Waals surface area (Å²) in [6.45, 7) is 3.88. The summed E-state index contributed by atoms with van der Waals surface area (Å²) in [7, 11) is 0. The quantitative estimate of drug-likeness (QED) is 0.196. The van der Waals surface area contributed by atoms with Gasteiger partial charge < -0.3 is 9.47 Å². The van der Waals surface area contributed by atoms with Crippen molar-refractivity contribution in [3.8, 4) is 5.75 Å². The Labute approximate surface area is 161 Å². The van der Waals surface area contributed by atoms with E-state index in [0.29, 0.717) is 12.2 Å². The van der Waals surface area contributed by atoms with Gasteiger partial charge in [-0.15, -0.1) is 0 Å². The third-order valence-corrected chi connectivity index (χ3v) is 4.11. The van der Waals surface area contributed by atoms with E-state index in [9.17, 15) is 4.79 Å². The molecule has 5 heteroatoms. The molecule has 2 aromatic rings. The van der Waals surface area contributed by atoms with E-state index in [1.807, 2.05) is 24.3 Å². The lowest BCUT2D eigenvalue weighted by Gasteiger charge is -2.06. The molecule has 0 atom stereocenters. The van der Waals surface area contributed by atoms with Crippen LogP contribution in [0.1, 0.15) is 51.5 Å². The van der Waals surface area contributed by atoms with E-state index >= 15 is 0 Å². The number of hydrogen-bond acceptors (Lipinski definition) is 5. The lowest BCUT2D eigenvalue weighted by Crippen LogP contribution is -2.08. The first kappa shape index (κ1) is 20.6. The number of ether oxygens (including phenoxy) is 2. The van der Waals surface area contributed by atoms with Crippen LogP contribution in [-0.2, 0) is 16.0 Å². The molecule has 144 valence electrons. The van der Waals surface area contributed by atoms with Gasteiger partial charge in [0, 0.05) is 6.42 Å². The maximum Gasteiger partial charge on any atom is 0.308 e. The monoisotopic (exact) mass is 368 g/mol. The smallest absolute Gasteiger partial charge is 0.308 e. The molecule has 0 fully saturated rings. The summed E-state index contributed by atoms with van der Waals surface area (Å²) in [4.78, 5) is 11.0. The van der Waals surface area contributed by atoms with Gasteiger partial charge in [-0.05, 0) is 54.8 Å². The lowest BCUT2D eigenvalue weighted by molar-refractivity contribution is -0.149. The largest absolute Gasteiger partial charge is 0.457 e. The highest BCUT2D eigenvalue weighted by atomic mass is 16.7. The molecule has 27 heavy (non-hydrogen) atoms. The summed E-state index contributed by atoms with van der Waals surface area (Å²) in [5.41, 5.74) is 2.91. The molecule has 5 nitrogen and oxygen atoms in total. The van der Waals surface area contributed by atoms with E-state index in [0.717, 1.165) is 17.8 Å². The Bertz CT molecular complexity index is 709. The Balaban J connectivity index is 1.80. The van der Waals surface area contributed by atoms with E-state index < -0.39 is 0 Å². The van der Waals surface area contributed by atoms with Crippen LogP contribution in [0, 0.1) is 0 Å². The second-order valence-electron chi connectivity index (χ2n) is 6.30.